The molecular weight excluding hydrogens is 366 g/mol. The Bertz CT molecular complexity index is 744. The van der Waals surface area contributed by atoms with Crippen molar-refractivity contribution in [3.05, 3.63) is 45.7 Å². The Hall–Kier alpha value is -1.79. The number of hydrogen-bond donors (Lipinski definition) is 2. The van der Waals surface area contributed by atoms with Gasteiger partial charge in [-0.1, -0.05) is 31.5 Å². The van der Waals surface area contributed by atoms with Crippen molar-refractivity contribution in [3.8, 4) is 0 Å². The zero-order valence-electron chi connectivity index (χ0n) is 15.5. The smallest absolute Gasteiger partial charge is 0.191 e. The Morgan fingerprint density at radius 3 is 2.96 bits per heavy atom. The first kappa shape index (κ1) is 19.0. The zero-order valence-corrected chi connectivity index (χ0v) is 17.1. The lowest BCUT2D eigenvalue weighted by atomic mass is 9.91. The summed E-state index contributed by atoms with van der Waals surface area (Å²) in [7, 11) is 1.82. The molecule has 1 saturated heterocycles. The summed E-state index contributed by atoms with van der Waals surface area (Å²) in [4.78, 5) is 12.4. The first-order chi connectivity index (χ1) is 12.5. The van der Waals surface area contributed by atoms with Gasteiger partial charge >= 0.3 is 0 Å². The van der Waals surface area contributed by atoms with Gasteiger partial charge in [-0.3, -0.25) is 4.99 Å². The van der Waals surface area contributed by atoms with E-state index in [9.17, 15) is 0 Å². The molecule has 1 unspecified atom stereocenters. The van der Waals surface area contributed by atoms with Crippen molar-refractivity contribution in [3.63, 3.8) is 0 Å². The quantitative estimate of drug-likeness (QED) is 0.604. The van der Waals surface area contributed by atoms with Crippen LogP contribution in [0.25, 0.3) is 0 Å². The van der Waals surface area contributed by atoms with Gasteiger partial charge in [0.05, 0.1) is 5.02 Å². The minimum Gasteiger partial charge on any atom is -0.356 e. The molecule has 2 aromatic heterocycles. The molecule has 2 aromatic rings. The number of aliphatic imine (C=N–C) groups is 1. The molecule has 0 aliphatic carbocycles. The summed E-state index contributed by atoms with van der Waals surface area (Å²) in [6, 6.07) is 8.36. The molecule has 140 valence electrons. The lowest BCUT2D eigenvalue weighted by molar-refractivity contribution is 0.514. The molecule has 2 N–H and O–H groups in total. The molecule has 1 aliphatic rings. The number of guanidine groups is 1. The van der Waals surface area contributed by atoms with Crippen LogP contribution in [-0.4, -0.2) is 43.7 Å². The van der Waals surface area contributed by atoms with Gasteiger partial charge in [0.1, 0.15) is 5.82 Å². The summed E-state index contributed by atoms with van der Waals surface area (Å²) in [5.41, 5.74) is 0.0645. The van der Waals surface area contributed by atoms with Crippen LogP contribution in [0, 0.1) is 0 Å². The summed E-state index contributed by atoms with van der Waals surface area (Å²) in [5.74, 6) is 1.70. The number of aromatic nitrogens is 1. The van der Waals surface area contributed by atoms with Crippen LogP contribution in [0.4, 0.5) is 5.82 Å². The predicted octanol–water partition coefficient (Wildman–Crippen LogP) is 3.52. The molecule has 26 heavy (non-hydrogen) atoms. The van der Waals surface area contributed by atoms with Gasteiger partial charge in [-0.25, -0.2) is 4.98 Å². The van der Waals surface area contributed by atoms with E-state index < -0.39 is 0 Å². The van der Waals surface area contributed by atoms with E-state index in [1.165, 1.54) is 4.88 Å². The molecule has 0 aromatic carbocycles. The van der Waals surface area contributed by atoms with E-state index in [2.05, 4.69) is 56.9 Å². The first-order valence-corrected chi connectivity index (χ1v) is 10.1. The molecule has 1 fully saturated rings. The average Bonchev–Trinajstić information content (AvgIpc) is 3.31. The van der Waals surface area contributed by atoms with Crippen molar-refractivity contribution in [1.82, 2.24) is 15.6 Å². The Kier molecular flexibility index (Phi) is 6.04. The lowest BCUT2D eigenvalue weighted by Crippen LogP contribution is -2.47. The van der Waals surface area contributed by atoms with Gasteiger partial charge in [0.2, 0.25) is 0 Å². The molecule has 5 nitrogen and oxygen atoms in total. The molecule has 0 bridgehead atoms. The Labute approximate surface area is 164 Å². The van der Waals surface area contributed by atoms with Crippen LogP contribution in [-0.2, 0) is 5.41 Å². The van der Waals surface area contributed by atoms with E-state index in [1.54, 1.807) is 17.5 Å². The van der Waals surface area contributed by atoms with Gasteiger partial charge in [-0.15, -0.1) is 11.3 Å². The van der Waals surface area contributed by atoms with Crippen LogP contribution in [0.15, 0.2) is 40.8 Å². The molecule has 1 atom stereocenters. The van der Waals surface area contributed by atoms with E-state index >= 15 is 0 Å². The summed E-state index contributed by atoms with van der Waals surface area (Å²) < 4.78 is 0. The maximum atomic E-state index is 6.27. The zero-order chi connectivity index (χ0) is 18.6. The maximum Gasteiger partial charge on any atom is 0.191 e. The number of anilines is 1. The number of thiophene rings is 1. The molecule has 3 heterocycles. The minimum atomic E-state index is 0.0645. The summed E-state index contributed by atoms with van der Waals surface area (Å²) in [6.45, 7) is 7.13. The van der Waals surface area contributed by atoms with Crippen molar-refractivity contribution >= 4 is 34.7 Å². The van der Waals surface area contributed by atoms with Crippen molar-refractivity contribution in [2.45, 2.75) is 31.7 Å². The van der Waals surface area contributed by atoms with Gasteiger partial charge in [0.25, 0.3) is 0 Å². The topological polar surface area (TPSA) is 52.6 Å². The molecule has 0 amide bonds. The third-order valence-corrected chi connectivity index (χ3v) is 6.21. The number of nitrogens with zero attached hydrogens (tertiary/aromatic N) is 3. The first-order valence-electron chi connectivity index (χ1n) is 8.86. The Morgan fingerprint density at radius 2 is 2.27 bits per heavy atom. The van der Waals surface area contributed by atoms with Gasteiger partial charge in [0.15, 0.2) is 5.96 Å². The highest BCUT2D eigenvalue weighted by Gasteiger charge is 2.26. The summed E-state index contributed by atoms with van der Waals surface area (Å²) in [5, 5.41) is 9.84. The van der Waals surface area contributed by atoms with Gasteiger partial charge in [-0.2, -0.15) is 0 Å². The van der Waals surface area contributed by atoms with E-state index in [4.69, 9.17) is 11.6 Å². The summed E-state index contributed by atoms with van der Waals surface area (Å²) >= 11 is 8.07. The lowest BCUT2D eigenvalue weighted by Gasteiger charge is -2.26. The fourth-order valence-electron chi connectivity index (χ4n) is 3.12. The highest BCUT2D eigenvalue weighted by Crippen LogP contribution is 2.27. The van der Waals surface area contributed by atoms with Crippen molar-refractivity contribution in [2.75, 3.05) is 31.6 Å². The van der Waals surface area contributed by atoms with Crippen molar-refractivity contribution < 1.29 is 0 Å². The van der Waals surface area contributed by atoms with E-state index in [0.717, 1.165) is 37.8 Å². The number of hydrogen-bond acceptors (Lipinski definition) is 4. The molecule has 0 radical (unpaired) electrons. The number of pyridine rings is 1. The highest BCUT2D eigenvalue weighted by atomic mass is 35.5. The van der Waals surface area contributed by atoms with Crippen molar-refractivity contribution in [2.24, 2.45) is 4.99 Å². The number of rotatable bonds is 5. The van der Waals surface area contributed by atoms with Crippen LogP contribution in [0.1, 0.15) is 25.1 Å². The molecule has 7 heteroatoms. The molecule has 3 rings (SSSR count). The summed E-state index contributed by atoms with van der Waals surface area (Å²) in [6.07, 6.45) is 2.82. The van der Waals surface area contributed by atoms with Gasteiger partial charge < -0.3 is 15.5 Å². The molecule has 0 spiro atoms. The minimum absolute atomic E-state index is 0.0645. The van der Waals surface area contributed by atoms with Crippen LogP contribution in [0.5, 0.6) is 0 Å². The Balaban J connectivity index is 1.54. The second-order valence-corrected chi connectivity index (χ2v) is 8.53. The average molecular weight is 392 g/mol. The fraction of sp³-hybridized carbons (Fsp3) is 0.474. The SMILES string of the molecule is CN=C(NCC(C)(C)c1cccs1)NC1CCN(c2ncccc2Cl)C1. The van der Waals surface area contributed by atoms with Crippen LogP contribution >= 0.6 is 22.9 Å². The molecular formula is C19H26ClN5S. The van der Waals surface area contributed by atoms with Gasteiger partial charge in [0, 0.05) is 49.2 Å². The Morgan fingerprint density at radius 1 is 1.42 bits per heavy atom. The maximum absolute atomic E-state index is 6.27. The van der Waals surface area contributed by atoms with Crippen LogP contribution in [0.3, 0.4) is 0 Å². The third-order valence-electron chi connectivity index (χ3n) is 4.68. The number of nitrogens with one attached hydrogen (secondary N) is 2. The highest BCUT2D eigenvalue weighted by molar-refractivity contribution is 7.10. The van der Waals surface area contributed by atoms with Crippen LogP contribution < -0.4 is 15.5 Å². The number of halogens is 1. The van der Waals surface area contributed by atoms with Crippen LogP contribution in [0.2, 0.25) is 5.02 Å². The molecule has 0 saturated carbocycles. The third kappa shape index (κ3) is 4.48. The van der Waals surface area contributed by atoms with Gasteiger partial charge in [-0.05, 0) is 30.0 Å². The van der Waals surface area contributed by atoms with Crippen molar-refractivity contribution in [1.29, 1.82) is 0 Å². The normalized spacial score (nSPS) is 18.2. The standard InChI is InChI=1S/C19H26ClN5S/c1-19(2,16-7-5-11-26-16)13-23-18(21-3)24-14-8-10-25(12-14)17-15(20)6-4-9-22-17/h4-7,9,11,14H,8,10,12-13H2,1-3H3,(H2,21,23,24). The monoisotopic (exact) mass is 391 g/mol. The second kappa shape index (κ2) is 8.27. The largest absolute Gasteiger partial charge is 0.356 e. The predicted molar refractivity (Wildman–Crippen MR) is 112 cm³/mol. The molecule has 1 aliphatic heterocycles. The van der Waals surface area contributed by atoms with E-state index in [0.29, 0.717) is 11.1 Å². The van der Waals surface area contributed by atoms with E-state index in [1.807, 2.05) is 19.2 Å². The second-order valence-electron chi connectivity index (χ2n) is 7.17. The fourth-order valence-corrected chi connectivity index (χ4v) is 4.22. The van der Waals surface area contributed by atoms with E-state index in [-0.39, 0.29) is 5.41 Å².